The Balaban J connectivity index is 2.83. The Bertz CT molecular complexity index is 421. The summed E-state index contributed by atoms with van der Waals surface area (Å²) >= 11 is 1.92. The third-order valence-electron chi connectivity index (χ3n) is 2.36. The maximum Gasteiger partial charge on any atom is 0.252 e. The molecule has 1 aromatic rings. The fourth-order valence-electron chi connectivity index (χ4n) is 1.39. The van der Waals surface area contributed by atoms with E-state index >= 15 is 0 Å². The molecule has 1 amide bonds. The Kier molecular flexibility index (Phi) is 4.88. The highest BCUT2D eigenvalue weighted by Gasteiger charge is 2.21. The van der Waals surface area contributed by atoms with Gasteiger partial charge in [-0.3, -0.25) is 4.79 Å². The average molecular weight is 351 g/mol. The number of hydrogen-bond donors (Lipinski definition) is 2. The maximum atomic E-state index is 12.9. The summed E-state index contributed by atoms with van der Waals surface area (Å²) in [5.41, 5.74) is -0.0402. The van der Waals surface area contributed by atoms with E-state index in [1.165, 1.54) is 18.2 Å². The summed E-state index contributed by atoms with van der Waals surface area (Å²) in [5, 5.41) is 11.7. The number of carbonyl (C=O) groups excluding carboxylic acids is 1. The monoisotopic (exact) mass is 351 g/mol. The lowest BCUT2D eigenvalue weighted by Crippen LogP contribution is -2.44. The summed E-state index contributed by atoms with van der Waals surface area (Å²) in [6.07, 6.45) is 0.469. The summed E-state index contributed by atoms with van der Waals surface area (Å²) in [4.78, 5) is 11.9. The predicted molar refractivity (Wildman–Crippen MR) is 72.4 cm³/mol. The van der Waals surface area contributed by atoms with E-state index in [0.717, 1.165) is 0 Å². The zero-order valence-corrected chi connectivity index (χ0v) is 11.9. The van der Waals surface area contributed by atoms with Crippen molar-refractivity contribution >= 4 is 28.5 Å². The van der Waals surface area contributed by atoms with Crippen LogP contribution in [0.15, 0.2) is 18.2 Å². The SMILES string of the molecule is CC(C)(CCO)NC(=O)c1ccc(F)cc1I. The molecule has 0 heterocycles. The molecule has 0 fully saturated rings. The van der Waals surface area contributed by atoms with E-state index in [-0.39, 0.29) is 18.3 Å². The molecule has 2 N–H and O–H groups in total. The average Bonchev–Trinajstić information content (AvgIpc) is 2.15. The van der Waals surface area contributed by atoms with Crippen molar-refractivity contribution in [2.24, 2.45) is 0 Å². The second kappa shape index (κ2) is 5.77. The lowest BCUT2D eigenvalue weighted by molar-refractivity contribution is 0.0898. The fourth-order valence-corrected chi connectivity index (χ4v) is 2.11. The highest BCUT2D eigenvalue weighted by atomic mass is 127. The summed E-state index contributed by atoms with van der Waals surface area (Å²) in [5.74, 6) is -0.617. The van der Waals surface area contributed by atoms with E-state index in [1.54, 1.807) is 0 Å². The topological polar surface area (TPSA) is 49.3 Å². The Hall–Kier alpha value is -0.690. The smallest absolute Gasteiger partial charge is 0.252 e. The van der Waals surface area contributed by atoms with Gasteiger partial charge in [0.1, 0.15) is 5.82 Å². The van der Waals surface area contributed by atoms with Gasteiger partial charge in [0, 0.05) is 15.7 Å². The Morgan fingerprint density at radius 2 is 2.18 bits per heavy atom. The van der Waals surface area contributed by atoms with Gasteiger partial charge < -0.3 is 10.4 Å². The van der Waals surface area contributed by atoms with E-state index in [1.807, 2.05) is 36.4 Å². The fraction of sp³-hybridized carbons (Fsp3) is 0.417. The van der Waals surface area contributed by atoms with Crippen molar-refractivity contribution in [2.45, 2.75) is 25.8 Å². The van der Waals surface area contributed by atoms with Gasteiger partial charge in [0.2, 0.25) is 0 Å². The number of rotatable bonds is 4. The highest BCUT2D eigenvalue weighted by molar-refractivity contribution is 14.1. The molecular weight excluding hydrogens is 336 g/mol. The first-order valence-electron chi connectivity index (χ1n) is 5.24. The van der Waals surface area contributed by atoms with Gasteiger partial charge in [-0.2, -0.15) is 0 Å². The number of amides is 1. The number of nitrogens with one attached hydrogen (secondary N) is 1. The molecule has 1 aromatic carbocycles. The molecule has 0 aromatic heterocycles. The summed E-state index contributed by atoms with van der Waals surface area (Å²) in [7, 11) is 0. The van der Waals surface area contributed by atoms with Crippen LogP contribution in [-0.4, -0.2) is 23.2 Å². The molecule has 5 heteroatoms. The van der Waals surface area contributed by atoms with Crippen LogP contribution in [0.1, 0.15) is 30.6 Å². The van der Waals surface area contributed by atoms with Gasteiger partial charge in [0.05, 0.1) is 5.56 Å². The Labute approximate surface area is 114 Å². The third-order valence-corrected chi connectivity index (χ3v) is 3.26. The van der Waals surface area contributed by atoms with Gasteiger partial charge in [-0.1, -0.05) is 0 Å². The number of benzene rings is 1. The second-order valence-corrected chi connectivity index (χ2v) is 5.60. The van der Waals surface area contributed by atoms with E-state index in [0.29, 0.717) is 15.6 Å². The molecule has 0 aliphatic rings. The number of hydrogen-bond acceptors (Lipinski definition) is 2. The molecule has 0 radical (unpaired) electrons. The number of carbonyl (C=O) groups is 1. The quantitative estimate of drug-likeness (QED) is 0.818. The van der Waals surface area contributed by atoms with Crippen molar-refractivity contribution in [1.29, 1.82) is 0 Å². The Morgan fingerprint density at radius 3 is 2.71 bits per heavy atom. The van der Waals surface area contributed by atoms with Crippen LogP contribution in [0.3, 0.4) is 0 Å². The zero-order chi connectivity index (χ0) is 13.1. The molecule has 0 aliphatic heterocycles. The molecule has 0 bridgehead atoms. The lowest BCUT2D eigenvalue weighted by atomic mass is 10.0. The van der Waals surface area contributed by atoms with Crippen molar-refractivity contribution < 1.29 is 14.3 Å². The van der Waals surface area contributed by atoms with Gasteiger partial charge >= 0.3 is 0 Å². The van der Waals surface area contributed by atoms with Crippen molar-refractivity contribution in [2.75, 3.05) is 6.61 Å². The summed E-state index contributed by atoms with van der Waals surface area (Å²) in [6.45, 7) is 3.67. The van der Waals surface area contributed by atoms with Crippen molar-refractivity contribution in [3.8, 4) is 0 Å². The van der Waals surface area contributed by atoms with Gasteiger partial charge in [-0.05, 0) is 61.1 Å². The van der Waals surface area contributed by atoms with Crippen LogP contribution in [0.4, 0.5) is 4.39 Å². The van der Waals surface area contributed by atoms with Crippen LogP contribution < -0.4 is 5.32 Å². The minimum atomic E-state index is -0.483. The highest BCUT2D eigenvalue weighted by Crippen LogP contribution is 2.16. The molecule has 0 spiro atoms. The second-order valence-electron chi connectivity index (χ2n) is 4.44. The molecule has 17 heavy (non-hydrogen) atoms. The number of aliphatic hydroxyl groups excluding tert-OH is 1. The van der Waals surface area contributed by atoms with E-state index in [4.69, 9.17) is 5.11 Å². The van der Waals surface area contributed by atoms with Gasteiger partial charge in [0.25, 0.3) is 5.91 Å². The predicted octanol–water partition coefficient (Wildman–Crippen LogP) is 2.32. The summed E-state index contributed by atoms with van der Waals surface area (Å²) in [6, 6.07) is 4.03. The maximum absolute atomic E-state index is 12.9. The summed E-state index contributed by atoms with van der Waals surface area (Å²) < 4.78 is 13.5. The molecule has 94 valence electrons. The molecule has 0 saturated carbocycles. The van der Waals surface area contributed by atoms with Crippen molar-refractivity contribution in [1.82, 2.24) is 5.32 Å². The van der Waals surface area contributed by atoms with Crippen LogP contribution in [0.2, 0.25) is 0 Å². The first-order valence-corrected chi connectivity index (χ1v) is 6.32. The molecule has 0 atom stereocenters. The molecular formula is C12H15FINO2. The van der Waals surface area contributed by atoms with Crippen molar-refractivity contribution in [3.63, 3.8) is 0 Å². The van der Waals surface area contributed by atoms with Crippen LogP contribution in [0.25, 0.3) is 0 Å². The van der Waals surface area contributed by atoms with Crippen LogP contribution in [-0.2, 0) is 0 Å². The van der Waals surface area contributed by atoms with Crippen LogP contribution >= 0.6 is 22.6 Å². The van der Waals surface area contributed by atoms with Crippen molar-refractivity contribution in [3.05, 3.63) is 33.1 Å². The van der Waals surface area contributed by atoms with Gasteiger partial charge in [0.15, 0.2) is 0 Å². The molecule has 3 nitrogen and oxygen atoms in total. The lowest BCUT2D eigenvalue weighted by Gasteiger charge is -2.25. The normalized spacial score (nSPS) is 11.4. The molecule has 0 unspecified atom stereocenters. The Morgan fingerprint density at radius 1 is 1.53 bits per heavy atom. The van der Waals surface area contributed by atoms with E-state index in [9.17, 15) is 9.18 Å². The molecule has 0 saturated heterocycles. The van der Waals surface area contributed by atoms with E-state index < -0.39 is 5.54 Å². The largest absolute Gasteiger partial charge is 0.396 e. The minimum absolute atomic E-state index is 0.00773. The standard InChI is InChI=1S/C12H15FINO2/c1-12(2,5-6-16)15-11(17)9-4-3-8(13)7-10(9)14/h3-4,7,16H,5-6H2,1-2H3,(H,15,17). The molecule has 1 rings (SSSR count). The van der Waals surface area contributed by atoms with Gasteiger partial charge in [-0.25, -0.2) is 4.39 Å². The number of halogens is 2. The minimum Gasteiger partial charge on any atom is -0.396 e. The molecule has 0 aliphatic carbocycles. The first-order chi connectivity index (χ1) is 7.85. The van der Waals surface area contributed by atoms with Gasteiger partial charge in [-0.15, -0.1) is 0 Å². The third kappa shape index (κ3) is 4.23. The number of aliphatic hydroxyl groups is 1. The zero-order valence-electron chi connectivity index (χ0n) is 9.76. The van der Waals surface area contributed by atoms with Crippen LogP contribution in [0.5, 0.6) is 0 Å². The van der Waals surface area contributed by atoms with E-state index in [2.05, 4.69) is 5.32 Å². The van der Waals surface area contributed by atoms with Crippen LogP contribution in [0, 0.1) is 9.39 Å². The first kappa shape index (κ1) is 14.4.